The number of rotatable bonds is 3. The van der Waals surface area contributed by atoms with E-state index in [4.69, 9.17) is 4.74 Å². The Hall–Kier alpha value is -0.770. The number of nitrogens with one attached hydrogen (secondary N) is 1. The molecule has 3 rings (SSSR count). The van der Waals surface area contributed by atoms with Gasteiger partial charge in [0, 0.05) is 19.1 Å². The maximum absolute atomic E-state index is 11.9. The van der Waals surface area contributed by atoms with Crippen LogP contribution < -0.4 is 5.32 Å². The van der Waals surface area contributed by atoms with Gasteiger partial charge < -0.3 is 15.0 Å². The first-order valence-electron chi connectivity index (χ1n) is 7.65. The molecule has 0 aromatic heterocycles. The van der Waals surface area contributed by atoms with E-state index in [0.29, 0.717) is 17.9 Å². The Morgan fingerprint density at radius 1 is 1.26 bits per heavy atom. The Morgan fingerprint density at radius 3 is 2.37 bits per heavy atom. The van der Waals surface area contributed by atoms with E-state index in [0.717, 1.165) is 19.0 Å². The summed E-state index contributed by atoms with van der Waals surface area (Å²) in [4.78, 5) is 13.8. The van der Waals surface area contributed by atoms with E-state index < -0.39 is 0 Å². The summed E-state index contributed by atoms with van der Waals surface area (Å²) in [5, 5.41) is 3.69. The number of nitrogens with zero attached hydrogens (tertiary/aromatic N) is 1. The molecule has 2 atom stereocenters. The molecule has 1 heterocycles. The molecular formula is C15H26N2O2. The van der Waals surface area contributed by atoms with Crippen LogP contribution in [0.2, 0.25) is 0 Å². The number of carbonyl (C=O) groups excluding carboxylic acids is 1. The molecule has 4 heteroatoms. The Morgan fingerprint density at radius 2 is 1.89 bits per heavy atom. The largest absolute Gasteiger partial charge is 0.444 e. The lowest BCUT2D eigenvalue weighted by Crippen LogP contribution is -2.40. The molecule has 1 saturated heterocycles. The van der Waals surface area contributed by atoms with Crippen molar-refractivity contribution in [2.45, 2.75) is 51.7 Å². The highest BCUT2D eigenvalue weighted by Gasteiger charge is 2.57. The first-order chi connectivity index (χ1) is 8.94. The number of piperidine rings is 1. The van der Waals surface area contributed by atoms with Crippen molar-refractivity contribution in [2.75, 3.05) is 19.6 Å². The van der Waals surface area contributed by atoms with Gasteiger partial charge in [0.15, 0.2) is 0 Å². The molecule has 1 N–H and O–H groups in total. The number of fused-ring (bicyclic) bond motifs is 1. The molecule has 0 bridgehead atoms. The Kier molecular flexibility index (Phi) is 3.24. The molecule has 4 nitrogen and oxygen atoms in total. The van der Waals surface area contributed by atoms with Crippen LogP contribution in [0.3, 0.4) is 0 Å². The van der Waals surface area contributed by atoms with Crippen molar-refractivity contribution in [1.29, 1.82) is 0 Å². The topological polar surface area (TPSA) is 41.6 Å². The summed E-state index contributed by atoms with van der Waals surface area (Å²) in [6, 6.07) is 0.666. The fraction of sp³-hybridized carbons (Fsp3) is 0.933. The fourth-order valence-electron chi connectivity index (χ4n) is 3.30. The van der Waals surface area contributed by atoms with E-state index in [1.807, 2.05) is 25.7 Å². The van der Waals surface area contributed by atoms with Crippen LogP contribution in [-0.2, 0) is 4.74 Å². The first kappa shape index (κ1) is 13.2. The number of likely N-dealkylation sites (tertiary alicyclic amines) is 1. The van der Waals surface area contributed by atoms with Crippen LogP contribution in [-0.4, -0.2) is 42.3 Å². The fourth-order valence-corrected chi connectivity index (χ4v) is 3.30. The molecule has 19 heavy (non-hydrogen) atoms. The van der Waals surface area contributed by atoms with Crippen molar-refractivity contribution in [3.63, 3.8) is 0 Å². The predicted molar refractivity (Wildman–Crippen MR) is 73.9 cm³/mol. The van der Waals surface area contributed by atoms with Crippen molar-refractivity contribution in [2.24, 2.45) is 17.8 Å². The van der Waals surface area contributed by atoms with Crippen LogP contribution in [0.15, 0.2) is 0 Å². The van der Waals surface area contributed by atoms with Crippen molar-refractivity contribution in [3.8, 4) is 0 Å². The van der Waals surface area contributed by atoms with E-state index in [-0.39, 0.29) is 11.7 Å². The van der Waals surface area contributed by atoms with Crippen LogP contribution in [0.25, 0.3) is 0 Å². The van der Waals surface area contributed by atoms with Gasteiger partial charge in [-0.1, -0.05) is 6.42 Å². The van der Waals surface area contributed by atoms with E-state index in [9.17, 15) is 4.79 Å². The van der Waals surface area contributed by atoms with Crippen LogP contribution >= 0.6 is 0 Å². The van der Waals surface area contributed by atoms with Gasteiger partial charge in [-0.05, 0) is 57.9 Å². The molecule has 0 aromatic carbocycles. The maximum atomic E-state index is 11.9. The third-order valence-electron chi connectivity index (χ3n) is 4.71. The zero-order valence-corrected chi connectivity index (χ0v) is 12.3. The standard InChI is InChI=1S/C15H26N2O2/c1-15(2,3)19-14(18)17-8-11-12(9-17)13(11)16-7-10-5-4-6-10/h10-13,16H,4-9H2,1-3H3. The summed E-state index contributed by atoms with van der Waals surface area (Å²) < 4.78 is 5.42. The summed E-state index contributed by atoms with van der Waals surface area (Å²) >= 11 is 0. The summed E-state index contributed by atoms with van der Waals surface area (Å²) in [6.45, 7) is 8.70. The first-order valence-corrected chi connectivity index (χ1v) is 7.65. The highest BCUT2D eigenvalue weighted by Crippen LogP contribution is 2.46. The lowest BCUT2D eigenvalue weighted by molar-refractivity contribution is 0.0269. The average molecular weight is 266 g/mol. The van der Waals surface area contributed by atoms with E-state index in [2.05, 4.69) is 5.32 Å². The normalized spacial score (nSPS) is 33.8. The molecule has 2 unspecified atom stereocenters. The molecule has 1 amide bonds. The van der Waals surface area contributed by atoms with Gasteiger partial charge in [-0.2, -0.15) is 0 Å². The van der Waals surface area contributed by atoms with Gasteiger partial charge in [0.2, 0.25) is 0 Å². The van der Waals surface area contributed by atoms with Crippen molar-refractivity contribution in [3.05, 3.63) is 0 Å². The number of hydrogen-bond donors (Lipinski definition) is 1. The van der Waals surface area contributed by atoms with Gasteiger partial charge in [0.1, 0.15) is 5.60 Å². The third-order valence-corrected chi connectivity index (χ3v) is 4.71. The molecule has 3 aliphatic rings. The summed E-state index contributed by atoms with van der Waals surface area (Å²) in [5.74, 6) is 2.27. The Labute approximate surface area is 115 Å². The molecule has 2 aliphatic carbocycles. The Balaban J connectivity index is 1.39. The summed E-state index contributed by atoms with van der Waals surface area (Å²) in [5.41, 5.74) is -0.383. The zero-order chi connectivity index (χ0) is 13.6. The lowest BCUT2D eigenvalue weighted by Gasteiger charge is -2.28. The third kappa shape index (κ3) is 2.88. The molecule has 0 spiro atoms. The summed E-state index contributed by atoms with van der Waals surface area (Å²) in [6.07, 6.45) is 4.08. The highest BCUT2D eigenvalue weighted by molar-refractivity contribution is 5.69. The quantitative estimate of drug-likeness (QED) is 0.852. The average Bonchev–Trinajstić information content (AvgIpc) is 2.68. The number of carbonyl (C=O) groups is 1. The molecule has 0 radical (unpaired) electrons. The second-order valence-corrected chi connectivity index (χ2v) is 7.44. The Bertz CT molecular complexity index is 348. The highest BCUT2D eigenvalue weighted by atomic mass is 16.6. The summed E-state index contributed by atoms with van der Waals surface area (Å²) in [7, 11) is 0. The molecule has 2 saturated carbocycles. The molecule has 3 fully saturated rings. The molecule has 0 aromatic rings. The van der Waals surface area contributed by atoms with Crippen LogP contribution in [0, 0.1) is 17.8 Å². The lowest BCUT2D eigenvalue weighted by atomic mass is 9.85. The minimum absolute atomic E-state index is 0.141. The van der Waals surface area contributed by atoms with Crippen molar-refractivity contribution in [1.82, 2.24) is 10.2 Å². The molecule has 1 aliphatic heterocycles. The SMILES string of the molecule is CC(C)(C)OC(=O)N1CC2C(C1)C2NCC1CCC1. The predicted octanol–water partition coefficient (Wildman–Crippen LogP) is 2.24. The van der Waals surface area contributed by atoms with Crippen molar-refractivity contribution < 1.29 is 9.53 Å². The molecular weight excluding hydrogens is 240 g/mol. The minimum Gasteiger partial charge on any atom is -0.444 e. The van der Waals surface area contributed by atoms with Crippen LogP contribution in [0.4, 0.5) is 4.79 Å². The van der Waals surface area contributed by atoms with E-state index in [1.165, 1.54) is 25.8 Å². The van der Waals surface area contributed by atoms with Gasteiger partial charge in [0.25, 0.3) is 0 Å². The zero-order valence-electron chi connectivity index (χ0n) is 12.3. The second kappa shape index (κ2) is 4.65. The number of ether oxygens (including phenoxy) is 1. The number of hydrogen-bond acceptors (Lipinski definition) is 3. The molecule has 108 valence electrons. The van der Waals surface area contributed by atoms with Gasteiger partial charge >= 0.3 is 6.09 Å². The minimum atomic E-state index is -0.383. The monoisotopic (exact) mass is 266 g/mol. The van der Waals surface area contributed by atoms with E-state index >= 15 is 0 Å². The smallest absolute Gasteiger partial charge is 0.410 e. The maximum Gasteiger partial charge on any atom is 0.410 e. The van der Waals surface area contributed by atoms with Gasteiger partial charge in [-0.25, -0.2) is 4.79 Å². The van der Waals surface area contributed by atoms with Gasteiger partial charge in [-0.15, -0.1) is 0 Å². The van der Waals surface area contributed by atoms with Crippen LogP contribution in [0.5, 0.6) is 0 Å². The van der Waals surface area contributed by atoms with Gasteiger partial charge in [-0.3, -0.25) is 0 Å². The van der Waals surface area contributed by atoms with E-state index in [1.54, 1.807) is 0 Å². The van der Waals surface area contributed by atoms with Crippen molar-refractivity contribution >= 4 is 6.09 Å². The second-order valence-electron chi connectivity index (χ2n) is 7.44. The van der Waals surface area contributed by atoms with Gasteiger partial charge in [0.05, 0.1) is 0 Å². The number of amides is 1. The van der Waals surface area contributed by atoms with Crippen LogP contribution in [0.1, 0.15) is 40.0 Å².